The van der Waals surface area contributed by atoms with Crippen molar-refractivity contribution in [3.8, 4) is 55.6 Å². The number of hydrogen-bond donors (Lipinski definition) is 0. The van der Waals surface area contributed by atoms with Gasteiger partial charge < -0.3 is 9.80 Å². The summed E-state index contributed by atoms with van der Waals surface area (Å²) < 4.78 is 0. The molecule has 2 aliphatic heterocycles. The summed E-state index contributed by atoms with van der Waals surface area (Å²) in [4.78, 5) is 5.07. The average Bonchev–Trinajstić information content (AvgIpc) is 3.41. The van der Waals surface area contributed by atoms with E-state index in [1.165, 1.54) is 106 Å². The summed E-state index contributed by atoms with van der Waals surface area (Å²) in [7, 11) is 0. The van der Waals surface area contributed by atoms with Crippen LogP contribution in [0.1, 0.15) is 0 Å². The lowest BCUT2D eigenvalue weighted by Crippen LogP contribution is -2.61. The van der Waals surface area contributed by atoms with Crippen molar-refractivity contribution in [1.29, 1.82) is 0 Å². The molecule has 2 aliphatic rings. The van der Waals surface area contributed by atoms with Crippen LogP contribution in [-0.4, -0.2) is 6.71 Å². The molecule has 11 aromatic carbocycles. The predicted octanol–water partition coefficient (Wildman–Crippen LogP) is 15.3. The minimum Gasteiger partial charge on any atom is -0.311 e. The van der Waals surface area contributed by atoms with Gasteiger partial charge in [0.05, 0.1) is 0 Å². The van der Waals surface area contributed by atoms with Crippen LogP contribution in [0.4, 0.5) is 34.1 Å². The number of hydrogen-bond acceptors (Lipinski definition) is 2. The van der Waals surface area contributed by atoms with Crippen LogP contribution in [0, 0.1) is 0 Å². The van der Waals surface area contributed by atoms with Gasteiger partial charge in [-0.25, -0.2) is 0 Å². The van der Waals surface area contributed by atoms with E-state index < -0.39 is 0 Å². The Morgan fingerprint density at radius 2 is 0.627 bits per heavy atom. The second kappa shape index (κ2) is 16.1. The van der Waals surface area contributed by atoms with Crippen LogP contribution in [0.15, 0.2) is 261 Å². The van der Waals surface area contributed by atoms with Gasteiger partial charge in [-0.1, -0.05) is 212 Å². The standard InChI is InChI=1S/C64H43BN2/c1-5-16-44(17-6-1)48-28-34-54(35-29-48)66-60-38-32-51(46-20-9-3-10-21-46)40-58(60)65-59-41-52(47-22-11-4-12-23-47)33-39-61(59)67(55-36-30-49(31-37-55)45-18-7-2-8-19-45)63-43-53(42-62(66)64(63)65)57-27-15-25-50-24-13-14-26-56(50)57/h1-43H. The summed E-state index contributed by atoms with van der Waals surface area (Å²) in [5.41, 5.74) is 22.8. The van der Waals surface area contributed by atoms with E-state index in [1.54, 1.807) is 0 Å². The topological polar surface area (TPSA) is 6.48 Å². The fraction of sp³-hybridized carbons (Fsp3) is 0. The molecular formula is C64H43BN2. The first kappa shape index (κ1) is 38.8. The minimum atomic E-state index is -0.0661. The Hall–Kier alpha value is -8.66. The summed E-state index contributed by atoms with van der Waals surface area (Å²) in [6.45, 7) is -0.0661. The van der Waals surface area contributed by atoms with Crippen molar-refractivity contribution in [2.75, 3.05) is 9.80 Å². The third-order valence-electron chi connectivity index (χ3n) is 13.8. The molecule has 0 saturated carbocycles. The quantitative estimate of drug-likeness (QED) is 0.147. The lowest BCUT2D eigenvalue weighted by molar-refractivity contribution is 1.25. The highest BCUT2D eigenvalue weighted by Crippen LogP contribution is 2.48. The third kappa shape index (κ3) is 6.66. The van der Waals surface area contributed by atoms with Gasteiger partial charge in [-0.2, -0.15) is 0 Å². The van der Waals surface area contributed by atoms with Gasteiger partial charge in [0.25, 0.3) is 6.71 Å². The van der Waals surface area contributed by atoms with Gasteiger partial charge in [0.2, 0.25) is 0 Å². The van der Waals surface area contributed by atoms with Crippen LogP contribution in [0.25, 0.3) is 66.4 Å². The molecule has 2 heterocycles. The van der Waals surface area contributed by atoms with Crippen molar-refractivity contribution in [3.05, 3.63) is 261 Å². The molecular weight excluding hydrogens is 808 g/mol. The van der Waals surface area contributed by atoms with E-state index in [2.05, 4.69) is 271 Å². The van der Waals surface area contributed by atoms with Gasteiger partial charge in [0.15, 0.2) is 0 Å². The Kier molecular flexibility index (Phi) is 9.32. The Morgan fingerprint density at radius 1 is 0.254 bits per heavy atom. The summed E-state index contributed by atoms with van der Waals surface area (Å²) >= 11 is 0. The summed E-state index contributed by atoms with van der Waals surface area (Å²) in [5, 5.41) is 2.46. The highest BCUT2D eigenvalue weighted by molar-refractivity contribution is 7.00. The molecule has 0 aromatic heterocycles. The zero-order chi connectivity index (χ0) is 44.3. The third-order valence-corrected chi connectivity index (χ3v) is 13.8. The monoisotopic (exact) mass is 850 g/mol. The molecule has 13 rings (SSSR count). The van der Waals surface area contributed by atoms with E-state index >= 15 is 0 Å². The van der Waals surface area contributed by atoms with Crippen LogP contribution in [-0.2, 0) is 0 Å². The smallest absolute Gasteiger partial charge is 0.252 e. The van der Waals surface area contributed by atoms with Crippen molar-refractivity contribution in [2.45, 2.75) is 0 Å². The van der Waals surface area contributed by atoms with E-state index in [9.17, 15) is 0 Å². The SMILES string of the molecule is c1ccc(-c2ccc(N3c4ccc(-c5ccccc5)cc4B4c5cc(-c6ccccc6)ccc5N(c5ccc(-c6ccccc6)cc5)c5cc(-c6cccc7ccccc67)cc3c54)cc2)cc1. The van der Waals surface area contributed by atoms with E-state index in [1.807, 2.05) is 0 Å². The van der Waals surface area contributed by atoms with Crippen molar-refractivity contribution in [2.24, 2.45) is 0 Å². The van der Waals surface area contributed by atoms with Gasteiger partial charge in [0.1, 0.15) is 0 Å². The van der Waals surface area contributed by atoms with E-state index in [0.717, 1.165) is 11.4 Å². The Labute approximate surface area is 392 Å². The zero-order valence-corrected chi connectivity index (χ0v) is 36.8. The molecule has 0 saturated heterocycles. The first-order chi connectivity index (χ1) is 33.2. The minimum absolute atomic E-state index is 0.0661. The Morgan fingerprint density at radius 3 is 1.09 bits per heavy atom. The predicted molar refractivity (Wildman–Crippen MR) is 285 cm³/mol. The number of rotatable bonds is 7. The van der Waals surface area contributed by atoms with Crippen LogP contribution >= 0.6 is 0 Å². The maximum atomic E-state index is 2.53. The van der Waals surface area contributed by atoms with E-state index in [-0.39, 0.29) is 6.71 Å². The molecule has 312 valence electrons. The van der Waals surface area contributed by atoms with Crippen molar-refractivity contribution >= 4 is 68.0 Å². The molecule has 0 fully saturated rings. The lowest BCUT2D eigenvalue weighted by Gasteiger charge is -2.44. The number of benzene rings is 11. The van der Waals surface area contributed by atoms with Crippen molar-refractivity contribution < 1.29 is 0 Å². The van der Waals surface area contributed by atoms with Crippen molar-refractivity contribution in [3.63, 3.8) is 0 Å². The van der Waals surface area contributed by atoms with Crippen LogP contribution in [0.2, 0.25) is 0 Å². The highest BCUT2D eigenvalue weighted by atomic mass is 15.2. The number of nitrogens with zero attached hydrogens (tertiary/aromatic N) is 2. The molecule has 11 aromatic rings. The molecule has 0 atom stereocenters. The lowest BCUT2D eigenvalue weighted by atomic mass is 9.33. The maximum absolute atomic E-state index is 2.53. The number of anilines is 6. The van der Waals surface area contributed by atoms with Crippen LogP contribution in [0.3, 0.4) is 0 Å². The van der Waals surface area contributed by atoms with E-state index in [0.29, 0.717) is 0 Å². The molecule has 0 aliphatic carbocycles. The van der Waals surface area contributed by atoms with Crippen molar-refractivity contribution in [1.82, 2.24) is 0 Å². The number of fused-ring (bicyclic) bond motifs is 5. The van der Waals surface area contributed by atoms with Gasteiger partial charge >= 0.3 is 0 Å². The molecule has 0 radical (unpaired) electrons. The molecule has 3 heteroatoms. The largest absolute Gasteiger partial charge is 0.311 e. The van der Waals surface area contributed by atoms with E-state index in [4.69, 9.17) is 0 Å². The molecule has 0 amide bonds. The van der Waals surface area contributed by atoms with Crippen LogP contribution in [0.5, 0.6) is 0 Å². The normalized spacial score (nSPS) is 12.4. The molecule has 0 N–H and O–H groups in total. The van der Waals surface area contributed by atoms with Gasteiger partial charge in [-0.15, -0.1) is 0 Å². The average molecular weight is 851 g/mol. The first-order valence-corrected chi connectivity index (χ1v) is 23.2. The molecule has 0 unspecified atom stereocenters. The second-order valence-corrected chi connectivity index (χ2v) is 17.7. The zero-order valence-electron chi connectivity index (χ0n) is 36.8. The Bertz CT molecular complexity index is 3410. The fourth-order valence-corrected chi connectivity index (χ4v) is 10.7. The molecule has 0 bridgehead atoms. The Balaban J connectivity index is 1.12. The molecule has 0 spiro atoms. The molecule has 2 nitrogen and oxygen atoms in total. The second-order valence-electron chi connectivity index (χ2n) is 17.7. The summed E-state index contributed by atoms with van der Waals surface area (Å²) in [5.74, 6) is 0. The molecule has 67 heavy (non-hydrogen) atoms. The fourth-order valence-electron chi connectivity index (χ4n) is 10.7. The van der Waals surface area contributed by atoms with Gasteiger partial charge in [-0.05, 0) is 131 Å². The van der Waals surface area contributed by atoms with Gasteiger partial charge in [-0.3, -0.25) is 0 Å². The summed E-state index contributed by atoms with van der Waals surface area (Å²) in [6, 6.07) is 96.1. The highest BCUT2D eigenvalue weighted by Gasteiger charge is 2.44. The maximum Gasteiger partial charge on any atom is 0.252 e. The summed E-state index contributed by atoms with van der Waals surface area (Å²) in [6.07, 6.45) is 0. The van der Waals surface area contributed by atoms with Crippen LogP contribution < -0.4 is 26.2 Å². The van der Waals surface area contributed by atoms with Gasteiger partial charge in [0, 0.05) is 34.1 Å². The first-order valence-electron chi connectivity index (χ1n) is 23.2.